The number of hydrazine groups is 1. The smallest absolute Gasteiger partial charge is 0.141 e. The van der Waals surface area contributed by atoms with Crippen molar-refractivity contribution in [1.82, 2.24) is 10.4 Å². The first-order valence-electron chi connectivity index (χ1n) is 5.93. The first-order chi connectivity index (χ1) is 9.26. The summed E-state index contributed by atoms with van der Waals surface area (Å²) in [6.45, 7) is 0. The predicted octanol–water partition coefficient (Wildman–Crippen LogP) is 2.49. The van der Waals surface area contributed by atoms with Crippen LogP contribution >= 0.6 is 11.6 Å². The highest BCUT2D eigenvalue weighted by atomic mass is 35.5. The van der Waals surface area contributed by atoms with Gasteiger partial charge in [0.25, 0.3) is 0 Å². The topological polar surface area (TPSA) is 60.2 Å². The van der Waals surface area contributed by atoms with Crippen LogP contribution in [0, 0.1) is 0 Å². The van der Waals surface area contributed by atoms with Crippen molar-refractivity contribution in [2.45, 2.75) is 12.5 Å². The first-order valence-corrected chi connectivity index (χ1v) is 6.31. The minimum atomic E-state index is -0.0853. The summed E-state index contributed by atoms with van der Waals surface area (Å²) in [7, 11) is 1.61. The van der Waals surface area contributed by atoms with E-state index in [1.807, 2.05) is 30.3 Å². The van der Waals surface area contributed by atoms with Crippen LogP contribution in [0.4, 0.5) is 0 Å². The molecule has 2 rings (SSSR count). The molecule has 1 aromatic heterocycles. The summed E-state index contributed by atoms with van der Waals surface area (Å²) in [5, 5.41) is 0.732. The Bertz CT molecular complexity index is 548. The SMILES string of the molecule is COc1cnccc1C(Cc1ccccc1Cl)NN. The molecule has 100 valence electrons. The molecule has 19 heavy (non-hydrogen) atoms. The van der Waals surface area contributed by atoms with Gasteiger partial charge in [0.15, 0.2) is 0 Å². The van der Waals surface area contributed by atoms with E-state index in [1.54, 1.807) is 19.5 Å². The van der Waals surface area contributed by atoms with Gasteiger partial charge in [0.05, 0.1) is 19.3 Å². The Balaban J connectivity index is 2.28. The summed E-state index contributed by atoms with van der Waals surface area (Å²) < 4.78 is 5.31. The number of benzene rings is 1. The molecular formula is C14H16ClN3O. The van der Waals surface area contributed by atoms with E-state index in [9.17, 15) is 0 Å². The van der Waals surface area contributed by atoms with E-state index in [0.29, 0.717) is 12.2 Å². The molecule has 0 aliphatic heterocycles. The van der Waals surface area contributed by atoms with Gasteiger partial charge in [0, 0.05) is 16.8 Å². The molecule has 5 heteroatoms. The van der Waals surface area contributed by atoms with E-state index >= 15 is 0 Å². The van der Waals surface area contributed by atoms with Crippen molar-refractivity contribution >= 4 is 11.6 Å². The van der Waals surface area contributed by atoms with Gasteiger partial charge in [-0.15, -0.1) is 0 Å². The molecule has 0 bridgehead atoms. The second kappa shape index (κ2) is 6.52. The summed E-state index contributed by atoms with van der Waals surface area (Å²) in [5.41, 5.74) is 4.79. The van der Waals surface area contributed by atoms with Crippen molar-refractivity contribution in [3.63, 3.8) is 0 Å². The summed E-state index contributed by atoms with van der Waals surface area (Å²) in [5.74, 6) is 6.36. The number of nitrogens with one attached hydrogen (secondary N) is 1. The maximum absolute atomic E-state index is 6.17. The van der Waals surface area contributed by atoms with Crippen molar-refractivity contribution in [2.75, 3.05) is 7.11 Å². The zero-order valence-electron chi connectivity index (χ0n) is 10.6. The molecule has 0 saturated carbocycles. The molecule has 0 spiro atoms. The molecule has 1 unspecified atom stereocenters. The maximum atomic E-state index is 6.17. The summed E-state index contributed by atoms with van der Waals surface area (Å²) in [4.78, 5) is 4.04. The number of halogens is 1. The van der Waals surface area contributed by atoms with Gasteiger partial charge in [-0.05, 0) is 24.1 Å². The minimum absolute atomic E-state index is 0.0853. The number of ether oxygens (including phenoxy) is 1. The van der Waals surface area contributed by atoms with Crippen LogP contribution in [0.3, 0.4) is 0 Å². The molecule has 0 fully saturated rings. The Kier molecular flexibility index (Phi) is 4.74. The Morgan fingerprint density at radius 3 is 2.84 bits per heavy atom. The minimum Gasteiger partial charge on any atom is -0.495 e. The largest absolute Gasteiger partial charge is 0.495 e. The van der Waals surface area contributed by atoms with E-state index in [2.05, 4.69) is 10.4 Å². The Labute approximate surface area is 117 Å². The van der Waals surface area contributed by atoms with E-state index < -0.39 is 0 Å². The van der Waals surface area contributed by atoms with Crippen molar-refractivity contribution in [1.29, 1.82) is 0 Å². The molecule has 1 atom stereocenters. The van der Waals surface area contributed by atoms with E-state index in [-0.39, 0.29) is 6.04 Å². The van der Waals surface area contributed by atoms with Gasteiger partial charge in [-0.25, -0.2) is 0 Å². The number of nitrogens with zero attached hydrogens (tertiary/aromatic N) is 1. The fourth-order valence-electron chi connectivity index (χ4n) is 1.99. The third-order valence-electron chi connectivity index (χ3n) is 2.99. The molecule has 0 aliphatic rings. The van der Waals surface area contributed by atoms with Crippen LogP contribution < -0.4 is 16.0 Å². The predicted molar refractivity (Wildman–Crippen MR) is 76.0 cm³/mol. The fraction of sp³-hybridized carbons (Fsp3) is 0.214. The average molecular weight is 278 g/mol. The number of methoxy groups -OCH3 is 1. The van der Waals surface area contributed by atoms with Gasteiger partial charge >= 0.3 is 0 Å². The van der Waals surface area contributed by atoms with Crippen LogP contribution in [0.1, 0.15) is 17.2 Å². The van der Waals surface area contributed by atoms with Gasteiger partial charge in [-0.2, -0.15) is 0 Å². The molecule has 2 aromatic rings. The molecule has 1 aromatic carbocycles. The van der Waals surface area contributed by atoms with Crippen LogP contribution in [-0.2, 0) is 6.42 Å². The highest BCUT2D eigenvalue weighted by Gasteiger charge is 2.16. The van der Waals surface area contributed by atoms with E-state index in [4.69, 9.17) is 22.2 Å². The van der Waals surface area contributed by atoms with Crippen LogP contribution in [0.2, 0.25) is 5.02 Å². The molecular weight excluding hydrogens is 262 g/mol. The van der Waals surface area contributed by atoms with Crippen molar-refractivity contribution in [3.8, 4) is 5.75 Å². The lowest BCUT2D eigenvalue weighted by Crippen LogP contribution is -2.30. The van der Waals surface area contributed by atoms with E-state index in [0.717, 1.165) is 16.1 Å². The number of pyridine rings is 1. The zero-order chi connectivity index (χ0) is 13.7. The normalized spacial score (nSPS) is 12.2. The standard InChI is InChI=1S/C14H16ClN3O/c1-19-14-9-17-7-6-11(14)13(18-16)8-10-4-2-3-5-12(10)15/h2-7,9,13,18H,8,16H2,1H3. The van der Waals surface area contributed by atoms with Crippen LogP contribution in [0.5, 0.6) is 5.75 Å². The van der Waals surface area contributed by atoms with Crippen LogP contribution in [0.15, 0.2) is 42.7 Å². The third kappa shape index (κ3) is 3.23. The number of aromatic nitrogens is 1. The number of rotatable bonds is 5. The molecule has 0 amide bonds. The quantitative estimate of drug-likeness (QED) is 0.651. The Morgan fingerprint density at radius 2 is 2.16 bits per heavy atom. The Morgan fingerprint density at radius 1 is 1.37 bits per heavy atom. The average Bonchev–Trinajstić information content (AvgIpc) is 2.46. The molecule has 4 nitrogen and oxygen atoms in total. The van der Waals surface area contributed by atoms with Gasteiger partial charge in [0.2, 0.25) is 0 Å². The lowest BCUT2D eigenvalue weighted by Gasteiger charge is -2.19. The second-order valence-corrected chi connectivity index (χ2v) is 4.54. The van der Waals surface area contributed by atoms with Crippen molar-refractivity contribution < 1.29 is 4.74 Å². The molecule has 3 N–H and O–H groups in total. The lowest BCUT2D eigenvalue weighted by atomic mass is 9.99. The van der Waals surface area contributed by atoms with Crippen molar-refractivity contribution in [3.05, 3.63) is 58.9 Å². The Hall–Kier alpha value is -1.62. The van der Waals surface area contributed by atoms with Crippen molar-refractivity contribution in [2.24, 2.45) is 5.84 Å². The van der Waals surface area contributed by atoms with E-state index in [1.165, 1.54) is 0 Å². The number of hydrogen-bond donors (Lipinski definition) is 2. The fourth-order valence-corrected chi connectivity index (χ4v) is 2.20. The van der Waals surface area contributed by atoms with Gasteiger partial charge in [0.1, 0.15) is 5.75 Å². The van der Waals surface area contributed by atoms with Crippen LogP contribution in [0.25, 0.3) is 0 Å². The molecule has 1 heterocycles. The third-order valence-corrected chi connectivity index (χ3v) is 3.36. The van der Waals surface area contributed by atoms with Gasteiger partial charge in [-0.3, -0.25) is 16.3 Å². The molecule has 0 aliphatic carbocycles. The monoisotopic (exact) mass is 277 g/mol. The summed E-state index contributed by atoms with van der Waals surface area (Å²) >= 11 is 6.17. The molecule has 0 radical (unpaired) electrons. The number of nitrogens with two attached hydrogens (primary N) is 1. The van der Waals surface area contributed by atoms with Gasteiger partial charge in [-0.1, -0.05) is 29.8 Å². The molecule has 0 saturated heterocycles. The highest BCUT2D eigenvalue weighted by molar-refractivity contribution is 6.31. The zero-order valence-corrected chi connectivity index (χ0v) is 11.4. The maximum Gasteiger partial charge on any atom is 0.141 e. The van der Waals surface area contributed by atoms with Gasteiger partial charge < -0.3 is 4.74 Å². The summed E-state index contributed by atoms with van der Waals surface area (Å²) in [6.07, 6.45) is 4.07. The number of hydrogen-bond acceptors (Lipinski definition) is 4. The van der Waals surface area contributed by atoms with Crippen LogP contribution in [-0.4, -0.2) is 12.1 Å². The first kappa shape index (κ1) is 13.8. The highest BCUT2D eigenvalue weighted by Crippen LogP contribution is 2.28. The second-order valence-electron chi connectivity index (χ2n) is 4.13. The summed E-state index contributed by atoms with van der Waals surface area (Å²) in [6, 6.07) is 9.52. The lowest BCUT2D eigenvalue weighted by molar-refractivity contribution is 0.397.